The van der Waals surface area contributed by atoms with Gasteiger partial charge >= 0.3 is 6.03 Å². The molecule has 1 aromatic carbocycles. The van der Waals surface area contributed by atoms with Crippen LogP contribution in [-0.4, -0.2) is 29.6 Å². The number of hydrogen-bond acceptors (Lipinski definition) is 2. The van der Waals surface area contributed by atoms with Crippen LogP contribution in [0.2, 0.25) is 0 Å². The predicted octanol–water partition coefficient (Wildman–Crippen LogP) is 2.55. The van der Waals surface area contributed by atoms with E-state index in [9.17, 15) is 9.59 Å². The van der Waals surface area contributed by atoms with Gasteiger partial charge in [-0.05, 0) is 36.4 Å². The molecule has 1 heterocycles. The van der Waals surface area contributed by atoms with Gasteiger partial charge in [-0.1, -0.05) is 19.9 Å². The van der Waals surface area contributed by atoms with Gasteiger partial charge in [0.15, 0.2) is 0 Å². The Bertz CT molecular complexity index is 706. The van der Waals surface area contributed by atoms with Crippen LogP contribution in [-0.2, 0) is 11.3 Å². The number of aromatic nitrogens is 1. The van der Waals surface area contributed by atoms with Crippen molar-refractivity contribution in [3.05, 3.63) is 30.5 Å². The topological polar surface area (TPSA) is 75.2 Å². The summed E-state index contributed by atoms with van der Waals surface area (Å²) in [6, 6.07) is 7.47. The van der Waals surface area contributed by atoms with E-state index in [1.54, 1.807) is 7.05 Å². The van der Waals surface area contributed by atoms with Crippen molar-refractivity contribution in [3.63, 3.8) is 0 Å². The van der Waals surface area contributed by atoms with Crippen molar-refractivity contribution < 1.29 is 9.59 Å². The second-order valence-electron chi connectivity index (χ2n) is 6.02. The summed E-state index contributed by atoms with van der Waals surface area (Å²) >= 11 is 0. The molecule has 0 unspecified atom stereocenters. The van der Waals surface area contributed by atoms with E-state index >= 15 is 0 Å². The average Bonchev–Trinajstić information content (AvgIpc) is 2.89. The third-order valence-electron chi connectivity index (χ3n) is 3.98. The molecule has 1 atom stereocenters. The summed E-state index contributed by atoms with van der Waals surface area (Å²) < 4.78 is 1.86. The maximum Gasteiger partial charge on any atom is 0.319 e. The van der Waals surface area contributed by atoms with Gasteiger partial charge in [-0.2, -0.15) is 0 Å². The van der Waals surface area contributed by atoms with Crippen molar-refractivity contribution in [2.24, 2.45) is 5.92 Å². The van der Waals surface area contributed by atoms with E-state index in [4.69, 9.17) is 0 Å². The molecule has 1 aromatic heterocycles. The second-order valence-corrected chi connectivity index (χ2v) is 6.02. The molecule has 0 saturated carbocycles. The van der Waals surface area contributed by atoms with Crippen molar-refractivity contribution in [2.45, 2.75) is 33.4 Å². The minimum absolute atomic E-state index is 0.0654. The van der Waals surface area contributed by atoms with Gasteiger partial charge in [-0.25, -0.2) is 4.79 Å². The highest BCUT2D eigenvalue weighted by Crippen LogP contribution is 2.20. The van der Waals surface area contributed by atoms with Crippen molar-refractivity contribution in [3.8, 4) is 0 Å². The monoisotopic (exact) mass is 316 g/mol. The molecule has 2 aromatic rings. The molecule has 0 spiro atoms. The van der Waals surface area contributed by atoms with Crippen LogP contribution >= 0.6 is 0 Å². The summed E-state index contributed by atoms with van der Waals surface area (Å²) in [5, 5.41) is 9.38. The molecule has 0 aliphatic heterocycles. The molecular weight excluding hydrogens is 292 g/mol. The van der Waals surface area contributed by atoms with Gasteiger partial charge in [0.25, 0.3) is 0 Å². The first kappa shape index (κ1) is 16.9. The van der Waals surface area contributed by atoms with E-state index in [0.717, 1.165) is 10.9 Å². The first-order valence-electron chi connectivity index (χ1n) is 7.77. The minimum atomic E-state index is -0.227. The van der Waals surface area contributed by atoms with E-state index in [0.29, 0.717) is 11.6 Å². The Balaban J connectivity index is 2.14. The Hall–Kier alpha value is -2.50. The normalized spacial score (nSPS) is 12.2. The molecule has 0 aliphatic rings. The molecule has 2 rings (SSSR count). The lowest BCUT2D eigenvalue weighted by Gasteiger charge is -2.18. The number of benzene rings is 1. The number of nitrogens with zero attached hydrogens (tertiary/aromatic N) is 1. The molecule has 0 fully saturated rings. The molecule has 23 heavy (non-hydrogen) atoms. The zero-order valence-electron chi connectivity index (χ0n) is 14.0. The van der Waals surface area contributed by atoms with Gasteiger partial charge < -0.3 is 20.5 Å². The Morgan fingerprint density at radius 2 is 1.91 bits per heavy atom. The summed E-state index contributed by atoms with van der Waals surface area (Å²) in [4.78, 5) is 23.6. The van der Waals surface area contributed by atoms with E-state index in [2.05, 4.69) is 29.8 Å². The molecule has 6 nitrogen and oxygen atoms in total. The van der Waals surface area contributed by atoms with Crippen molar-refractivity contribution in [1.29, 1.82) is 0 Å². The molecule has 0 bridgehead atoms. The zero-order chi connectivity index (χ0) is 17.0. The summed E-state index contributed by atoms with van der Waals surface area (Å²) in [5.74, 6) is 0.303. The molecule has 124 valence electrons. The quantitative estimate of drug-likeness (QED) is 0.793. The Kier molecular flexibility index (Phi) is 5.26. The summed E-state index contributed by atoms with van der Waals surface area (Å²) in [6.07, 6.45) is 1.87. The molecule has 0 saturated heterocycles. The number of carbonyl (C=O) groups excluding carboxylic acids is 2. The van der Waals surface area contributed by atoms with E-state index in [1.165, 1.54) is 0 Å². The first-order chi connectivity index (χ1) is 10.9. The highest BCUT2D eigenvalue weighted by molar-refractivity contribution is 5.93. The number of hydrogen-bond donors (Lipinski definition) is 3. The predicted molar refractivity (Wildman–Crippen MR) is 92.5 cm³/mol. The third kappa shape index (κ3) is 4.25. The van der Waals surface area contributed by atoms with Crippen LogP contribution in [0.4, 0.5) is 10.5 Å². The van der Waals surface area contributed by atoms with Crippen LogP contribution in [0.15, 0.2) is 30.5 Å². The summed E-state index contributed by atoms with van der Waals surface area (Å²) in [5.41, 5.74) is 1.60. The summed E-state index contributed by atoms with van der Waals surface area (Å²) in [6.45, 7) is 6.34. The number of anilines is 1. The number of likely N-dealkylation sites (N-methyl/N-ethyl adjacent to an activating group) is 1. The third-order valence-corrected chi connectivity index (χ3v) is 3.98. The van der Waals surface area contributed by atoms with Crippen LogP contribution in [0, 0.1) is 5.92 Å². The fraction of sp³-hybridized carbons (Fsp3) is 0.412. The average molecular weight is 316 g/mol. The fourth-order valence-electron chi connectivity index (χ4n) is 2.17. The SMILES string of the molecule is CNC(=O)Cn1ccc2ccc(NC(=O)N[C@@H](C)C(C)C)cc21. The van der Waals surface area contributed by atoms with Crippen LogP contribution in [0.25, 0.3) is 10.9 Å². The Labute approximate surface area is 136 Å². The van der Waals surface area contributed by atoms with E-state index in [-0.39, 0.29) is 24.5 Å². The second kappa shape index (κ2) is 7.17. The van der Waals surface area contributed by atoms with Crippen LogP contribution in [0.1, 0.15) is 20.8 Å². The van der Waals surface area contributed by atoms with Crippen LogP contribution < -0.4 is 16.0 Å². The largest absolute Gasteiger partial charge is 0.358 e. The number of fused-ring (bicyclic) bond motifs is 1. The lowest BCUT2D eigenvalue weighted by molar-refractivity contribution is -0.121. The van der Waals surface area contributed by atoms with Crippen molar-refractivity contribution >= 4 is 28.5 Å². The minimum Gasteiger partial charge on any atom is -0.358 e. The molecule has 3 amide bonds. The molecule has 6 heteroatoms. The maximum atomic E-state index is 12.0. The van der Waals surface area contributed by atoms with Crippen LogP contribution in [0.3, 0.4) is 0 Å². The summed E-state index contributed by atoms with van der Waals surface area (Å²) in [7, 11) is 1.61. The fourth-order valence-corrected chi connectivity index (χ4v) is 2.17. The van der Waals surface area contributed by atoms with Gasteiger partial charge in [-0.15, -0.1) is 0 Å². The molecular formula is C17H24N4O2. The van der Waals surface area contributed by atoms with Crippen molar-refractivity contribution in [1.82, 2.24) is 15.2 Å². The van der Waals surface area contributed by atoms with E-state index in [1.807, 2.05) is 42.0 Å². The number of rotatable bonds is 5. The molecule has 3 N–H and O–H groups in total. The zero-order valence-corrected chi connectivity index (χ0v) is 14.0. The number of urea groups is 1. The number of nitrogens with one attached hydrogen (secondary N) is 3. The highest BCUT2D eigenvalue weighted by Gasteiger charge is 2.11. The highest BCUT2D eigenvalue weighted by atomic mass is 16.2. The van der Waals surface area contributed by atoms with Gasteiger partial charge in [-0.3, -0.25) is 4.79 Å². The Morgan fingerprint density at radius 3 is 2.57 bits per heavy atom. The first-order valence-corrected chi connectivity index (χ1v) is 7.77. The number of amides is 3. The molecule has 0 radical (unpaired) electrons. The van der Waals surface area contributed by atoms with Crippen molar-refractivity contribution in [2.75, 3.05) is 12.4 Å². The maximum absolute atomic E-state index is 12.0. The number of carbonyl (C=O) groups is 2. The Morgan fingerprint density at radius 1 is 1.17 bits per heavy atom. The van der Waals surface area contributed by atoms with E-state index < -0.39 is 0 Å². The smallest absolute Gasteiger partial charge is 0.319 e. The lowest BCUT2D eigenvalue weighted by Crippen LogP contribution is -2.38. The van der Waals surface area contributed by atoms with Gasteiger partial charge in [0.05, 0.1) is 5.52 Å². The van der Waals surface area contributed by atoms with Crippen LogP contribution in [0.5, 0.6) is 0 Å². The lowest BCUT2D eigenvalue weighted by atomic mass is 10.1. The van der Waals surface area contributed by atoms with Gasteiger partial charge in [0.2, 0.25) is 5.91 Å². The van der Waals surface area contributed by atoms with Gasteiger partial charge in [0, 0.05) is 25.0 Å². The standard InChI is InChI=1S/C17H24N4O2/c1-11(2)12(3)19-17(23)20-14-6-5-13-7-8-21(15(13)9-14)10-16(22)18-4/h5-9,11-12H,10H2,1-4H3,(H,18,22)(H2,19,20,23)/t12-/m0/s1. The molecule has 0 aliphatic carbocycles. The van der Waals surface area contributed by atoms with Gasteiger partial charge in [0.1, 0.15) is 6.54 Å².